The molecule has 3 N–H and O–H groups in total. The van der Waals surface area contributed by atoms with E-state index in [9.17, 15) is 4.39 Å². The molecular formula is C18H29ClFIN4O. The fourth-order valence-electron chi connectivity index (χ4n) is 2.98. The zero-order valence-corrected chi connectivity index (χ0v) is 18.5. The van der Waals surface area contributed by atoms with Crippen molar-refractivity contribution in [3.05, 3.63) is 34.6 Å². The SMILES string of the molecule is CCCCNC(N)=NCC(c1c(F)cccc1Cl)N1CCOC(C)C1.I. The molecule has 0 radical (unpaired) electrons. The first-order valence-electron chi connectivity index (χ1n) is 8.86. The second-order valence-corrected chi connectivity index (χ2v) is 6.74. The third-order valence-corrected chi connectivity index (χ3v) is 4.65. The highest BCUT2D eigenvalue weighted by molar-refractivity contribution is 14.0. The van der Waals surface area contributed by atoms with Crippen LogP contribution in [0.2, 0.25) is 5.02 Å². The van der Waals surface area contributed by atoms with Crippen LogP contribution >= 0.6 is 35.6 Å². The minimum atomic E-state index is -0.315. The fraction of sp³-hybridized carbons (Fsp3) is 0.611. The van der Waals surface area contributed by atoms with Crippen molar-refractivity contribution in [2.24, 2.45) is 10.7 Å². The Labute approximate surface area is 177 Å². The molecule has 1 saturated heterocycles. The normalized spacial score (nSPS) is 19.7. The average Bonchev–Trinajstić information content (AvgIpc) is 2.57. The highest BCUT2D eigenvalue weighted by atomic mass is 127. The molecule has 1 aliphatic rings. The summed E-state index contributed by atoms with van der Waals surface area (Å²) in [5, 5.41) is 3.50. The van der Waals surface area contributed by atoms with Gasteiger partial charge in [-0.1, -0.05) is 31.0 Å². The Morgan fingerprint density at radius 2 is 2.31 bits per heavy atom. The van der Waals surface area contributed by atoms with Gasteiger partial charge < -0.3 is 15.8 Å². The van der Waals surface area contributed by atoms with Crippen LogP contribution in [0.4, 0.5) is 4.39 Å². The summed E-state index contributed by atoms with van der Waals surface area (Å²) in [5.74, 6) is 0.0663. The van der Waals surface area contributed by atoms with Gasteiger partial charge in [0.05, 0.1) is 25.3 Å². The predicted octanol–water partition coefficient (Wildman–Crippen LogP) is 3.56. The van der Waals surface area contributed by atoms with Gasteiger partial charge in [0.2, 0.25) is 0 Å². The first-order valence-corrected chi connectivity index (χ1v) is 9.24. The number of hydrogen-bond donors (Lipinski definition) is 2. The molecule has 5 nitrogen and oxygen atoms in total. The zero-order valence-electron chi connectivity index (χ0n) is 15.4. The van der Waals surface area contributed by atoms with Crippen molar-refractivity contribution >= 4 is 41.5 Å². The Morgan fingerprint density at radius 3 is 2.96 bits per heavy atom. The number of nitrogens with one attached hydrogen (secondary N) is 1. The molecular weight excluding hydrogens is 470 g/mol. The molecule has 0 spiro atoms. The second-order valence-electron chi connectivity index (χ2n) is 6.33. The molecule has 1 heterocycles. The quantitative estimate of drug-likeness (QED) is 0.261. The van der Waals surface area contributed by atoms with Gasteiger partial charge in [0.25, 0.3) is 0 Å². The Hall–Kier alpha value is -0.640. The first-order chi connectivity index (χ1) is 12.0. The van der Waals surface area contributed by atoms with Crippen LogP contribution in [0, 0.1) is 5.82 Å². The van der Waals surface area contributed by atoms with E-state index in [0.717, 1.165) is 19.4 Å². The summed E-state index contributed by atoms with van der Waals surface area (Å²) in [5.41, 5.74) is 6.42. The fourth-order valence-corrected chi connectivity index (χ4v) is 3.27. The average molecular weight is 499 g/mol. The Bertz CT molecular complexity index is 570. The molecule has 1 aromatic carbocycles. The Balaban J connectivity index is 0.00000338. The van der Waals surface area contributed by atoms with Gasteiger partial charge in [-0.25, -0.2) is 4.39 Å². The molecule has 1 fully saturated rings. The highest BCUT2D eigenvalue weighted by Gasteiger charge is 2.29. The number of aliphatic imine (C=N–C) groups is 1. The molecule has 1 aliphatic heterocycles. The number of ether oxygens (including phenoxy) is 1. The molecule has 2 rings (SSSR count). The van der Waals surface area contributed by atoms with E-state index in [2.05, 4.69) is 22.1 Å². The number of morpholine rings is 1. The molecule has 148 valence electrons. The molecule has 1 aromatic rings. The van der Waals surface area contributed by atoms with Crippen LogP contribution < -0.4 is 11.1 Å². The standard InChI is InChI=1S/C18H28ClFN4O.HI/c1-3-4-8-22-18(21)23-11-16(24-9-10-25-13(2)12-24)17-14(19)6-5-7-15(17)20;/h5-7,13,16H,3-4,8-12H2,1-2H3,(H3,21,22,23);1H. The summed E-state index contributed by atoms with van der Waals surface area (Å²) >= 11 is 6.30. The molecule has 8 heteroatoms. The van der Waals surface area contributed by atoms with Gasteiger partial charge in [-0.3, -0.25) is 9.89 Å². The van der Waals surface area contributed by atoms with E-state index in [4.69, 9.17) is 22.1 Å². The summed E-state index contributed by atoms with van der Waals surface area (Å²) in [6.07, 6.45) is 2.20. The molecule has 0 saturated carbocycles. The van der Waals surface area contributed by atoms with Gasteiger partial charge in [-0.2, -0.15) is 0 Å². The molecule has 0 aromatic heterocycles. The van der Waals surface area contributed by atoms with Crippen molar-refractivity contribution < 1.29 is 9.13 Å². The third kappa shape index (κ3) is 6.83. The molecule has 0 bridgehead atoms. The van der Waals surface area contributed by atoms with Crippen LogP contribution in [0.3, 0.4) is 0 Å². The Morgan fingerprint density at radius 1 is 1.54 bits per heavy atom. The number of rotatable bonds is 7. The van der Waals surface area contributed by atoms with E-state index >= 15 is 0 Å². The van der Waals surface area contributed by atoms with Crippen molar-refractivity contribution in [3.8, 4) is 0 Å². The largest absolute Gasteiger partial charge is 0.376 e. The Kier molecular flexibility index (Phi) is 10.7. The molecule has 2 unspecified atom stereocenters. The van der Waals surface area contributed by atoms with E-state index in [1.54, 1.807) is 12.1 Å². The van der Waals surface area contributed by atoms with Gasteiger partial charge in [-0.05, 0) is 25.5 Å². The van der Waals surface area contributed by atoms with Crippen LogP contribution in [0.5, 0.6) is 0 Å². The lowest BCUT2D eigenvalue weighted by molar-refractivity contribution is -0.0336. The molecule has 0 amide bonds. The maximum atomic E-state index is 14.5. The minimum absolute atomic E-state index is 0. The maximum absolute atomic E-state index is 14.5. The van der Waals surface area contributed by atoms with Gasteiger partial charge in [0.15, 0.2) is 5.96 Å². The van der Waals surface area contributed by atoms with Crippen molar-refractivity contribution in [2.75, 3.05) is 32.8 Å². The third-order valence-electron chi connectivity index (χ3n) is 4.32. The number of nitrogens with zero attached hydrogens (tertiary/aromatic N) is 2. The monoisotopic (exact) mass is 498 g/mol. The number of halogens is 3. The maximum Gasteiger partial charge on any atom is 0.188 e. The van der Waals surface area contributed by atoms with Crippen LogP contribution in [-0.4, -0.2) is 49.7 Å². The first kappa shape index (κ1) is 23.4. The van der Waals surface area contributed by atoms with Gasteiger partial charge in [0.1, 0.15) is 5.82 Å². The zero-order chi connectivity index (χ0) is 18.2. The second kappa shape index (κ2) is 11.9. The van der Waals surface area contributed by atoms with Gasteiger partial charge in [0, 0.05) is 30.2 Å². The summed E-state index contributed by atoms with van der Waals surface area (Å²) in [6.45, 7) is 7.27. The summed E-state index contributed by atoms with van der Waals surface area (Å²) < 4.78 is 20.1. The number of guanidine groups is 1. The molecule has 2 atom stereocenters. The van der Waals surface area contributed by atoms with E-state index in [1.165, 1.54) is 6.07 Å². The van der Waals surface area contributed by atoms with Crippen LogP contribution in [0.1, 0.15) is 38.3 Å². The highest BCUT2D eigenvalue weighted by Crippen LogP contribution is 2.31. The van der Waals surface area contributed by atoms with E-state index in [0.29, 0.717) is 42.8 Å². The topological polar surface area (TPSA) is 62.9 Å². The van der Waals surface area contributed by atoms with Crippen LogP contribution in [0.25, 0.3) is 0 Å². The molecule has 0 aliphatic carbocycles. The minimum Gasteiger partial charge on any atom is -0.376 e. The van der Waals surface area contributed by atoms with Crippen molar-refractivity contribution in [1.82, 2.24) is 10.2 Å². The lowest BCUT2D eigenvalue weighted by Gasteiger charge is -2.37. The van der Waals surface area contributed by atoms with Crippen LogP contribution in [-0.2, 0) is 4.74 Å². The van der Waals surface area contributed by atoms with Crippen molar-refractivity contribution in [3.63, 3.8) is 0 Å². The lowest BCUT2D eigenvalue weighted by atomic mass is 10.0. The lowest BCUT2D eigenvalue weighted by Crippen LogP contribution is -2.44. The van der Waals surface area contributed by atoms with E-state index in [1.807, 2.05) is 6.92 Å². The smallest absolute Gasteiger partial charge is 0.188 e. The summed E-state index contributed by atoms with van der Waals surface area (Å²) in [6, 6.07) is 4.49. The number of benzene rings is 1. The number of unbranched alkanes of at least 4 members (excludes halogenated alkanes) is 1. The summed E-state index contributed by atoms with van der Waals surface area (Å²) in [7, 11) is 0. The van der Waals surface area contributed by atoms with Crippen molar-refractivity contribution in [1.29, 1.82) is 0 Å². The predicted molar refractivity (Wildman–Crippen MR) is 116 cm³/mol. The van der Waals surface area contributed by atoms with Crippen molar-refractivity contribution in [2.45, 2.75) is 38.8 Å². The van der Waals surface area contributed by atoms with Gasteiger partial charge in [-0.15, -0.1) is 24.0 Å². The van der Waals surface area contributed by atoms with Gasteiger partial charge >= 0.3 is 0 Å². The molecule has 26 heavy (non-hydrogen) atoms. The van der Waals surface area contributed by atoms with E-state index in [-0.39, 0.29) is 41.9 Å². The summed E-state index contributed by atoms with van der Waals surface area (Å²) in [4.78, 5) is 6.60. The number of hydrogen-bond acceptors (Lipinski definition) is 3. The van der Waals surface area contributed by atoms with Crippen LogP contribution in [0.15, 0.2) is 23.2 Å². The van der Waals surface area contributed by atoms with E-state index < -0.39 is 0 Å². The number of nitrogens with two attached hydrogens (primary N) is 1.